The topological polar surface area (TPSA) is 97.8 Å². The third-order valence-corrected chi connectivity index (χ3v) is 5.83. The van der Waals surface area contributed by atoms with Crippen LogP contribution >= 0.6 is 0 Å². The second-order valence-corrected chi connectivity index (χ2v) is 7.87. The summed E-state index contributed by atoms with van der Waals surface area (Å²) in [6, 6.07) is 20.8. The summed E-state index contributed by atoms with van der Waals surface area (Å²) in [5, 5.41) is 2.71. The minimum absolute atomic E-state index is 0.0953. The third-order valence-electron chi connectivity index (χ3n) is 5.83. The Morgan fingerprint density at radius 3 is 2.26 bits per heavy atom. The molecule has 3 aromatic rings. The summed E-state index contributed by atoms with van der Waals surface area (Å²) < 4.78 is 11.1. The molecule has 34 heavy (non-hydrogen) atoms. The fourth-order valence-corrected chi connectivity index (χ4v) is 4.11. The Labute approximate surface area is 195 Å². The maximum absolute atomic E-state index is 13.6. The summed E-state index contributed by atoms with van der Waals surface area (Å²) >= 11 is 0. The molecule has 2 saturated heterocycles. The molecule has 3 heterocycles. The number of carbonyl (C=O) groups is 3. The normalized spacial score (nSPS) is 20.1. The zero-order valence-electron chi connectivity index (χ0n) is 18.1. The van der Waals surface area contributed by atoms with Crippen molar-refractivity contribution in [3.63, 3.8) is 0 Å². The van der Waals surface area contributed by atoms with Gasteiger partial charge in [-0.2, -0.15) is 0 Å². The molecule has 2 aromatic carbocycles. The van der Waals surface area contributed by atoms with E-state index >= 15 is 0 Å². The third kappa shape index (κ3) is 4.01. The highest BCUT2D eigenvalue weighted by Crippen LogP contribution is 2.39. The lowest BCUT2D eigenvalue weighted by Crippen LogP contribution is -2.53. The van der Waals surface area contributed by atoms with Crippen molar-refractivity contribution in [2.24, 2.45) is 5.92 Å². The first-order valence-corrected chi connectivity index (χ1v) is 10.8. The standard InChI is InChI=1S/C26H21N3O5/c30-24-20(15-28-24)23(29-21(16-33-26(29)32)17-7-3-1-4-8-17)22(18-11-13-27-14-12-18)25(31)34-19-9-5-2-6-10-19/h1-14,20-21H,15-16H2,(H,28,30)/t20-,21-/m1/s1. The van der Waals surface area contributed by atoms with Gasteiger partial charge in [0.05, 0.1) is 23.2 Å². The van der Waals surface area contributed by atoms with Crippen molar-refractivity contribution in [1.82, 2.24) is 15.2 Å². The van der Waals surface area contributed by atoms with Crippen LogP contribution in [0.5, 0.6) is 5.75 Å². The highest BCUT2D eigenvalue weighted by atomic mass is 16.6. The first-order chi connectivity index (χ1) is 16.6. The van der Waals surface area contributed by atoms with Crippen molar-refractivity contribution >= 4 is 23.5 Å². The van der Waals surface area contributed by atoms with Crippen LogP contribution in [-0.4, -0.2) is 41.0 Å². The zero-order valence-corrected chi connectivity index (χ0v) is 18.1. The Balaban J connectivity index is 1.69. The molecule has 5 rings (SSSR count). The maximum atomic E-state index is 13.6. The summed E-state index contributed by atoms with van der Waals surface area (Å²) in [7, 11) is 0. The number of β-lactam (4-membered cyclic amide) rings is 1. The van der Waals surface area contributed by atoms with Crippen LogP contribution in [0.1, 0.15) is 17.2 Å². The highest BCUT2D eigenvalue weighted by molar-refractivity contribution is 6.19. The summed E-state index contributed by atoms with van der Waals surface area (Å²) in [6.45, 7) is 0.380. The summed E-state index contributed by atoms with van der Waals surface area (Å²) in [5.74, 6) is -1.33. The minimum atomic E-state index is -0.719. The molecule has 2 atom stereocenters. The maximum Gasteiger partial charge on any atom is 0.414 e. The number of para-hydroxylation sites is 1. The SMILES string of the molecule is O=C(Oc1ccccc1)C(=C([C@H]1CNC1=O)N1C(=O)OC[C@@H]1c1ccccc1)c1ccncc1. The first-order valence-electron chi connectivity index (χ1n) is 10.8. The van der Waals surface area contributed by atoms with E-state index in [1.165, 1.54) is 4.90 Å². The van der Waals surface area contributed by atoms with Crippen LogP contribution in [0, 0.1) is 5.92 Å². The Bertz CT molecular complexity index is 1250. The molecule has 2 aliphatic rings. The summed E-state index contributed by atoms with van der Waals surface area (Å²) in [5.41, 5.74) is 1.69. The number of hydrogen-bond donors (Lipinski definition) is 1. The van der Waals surface area contributed by atoms with Gasteiger partial charge in [-0.3, -0.25) is 14.7 Å². The number of pyridine rings is 1. The van der Waals surface area contributed by atoms with Crippen LogP contribution in [0.4, 0.5) is 4.79 Å². The predicted octanol–water partition coefficient (Wildman–Crippen LogP) is 3.34. The average molecular weight is 455 g/mol. The summed E-state index contributed by atoms with van der Waals surface area (Å²) in [6.07, 6.45) is 2.46. The van der Waals surface area contributed by atoms with E-state index in [2.05, 4.69) is 10.3 Å². The second kappa shape index (κ2) is 9.19. The molecule has 8 nitrogen and oxygen atoms in total. The molecule has 8 heteroatoms. The van der Waals surface area contributed by atoms with E-state index in [-0.39, 0.29) is 30.3 Å². The van der Waals surface area contributed by atoms with Gasteiger partial charge >= 0.3 is 12.1 Å². The number of ether oxygens (including phenoxy) is 2. The van der Waals surface area contributed by atoms with E-state index in [1.54, 1.807) is 48.8 Å². The number of rotatable bonds is 6. The van der Waals surface area contributed by atoms with Gasteiger partial charge in [0.25, 0.3) is 0 Å². The van der Waals surface area contributed by atoms with Crippen LogP contribution in [0.3, 0.4) is 0 Å². The average Bonchev–Trinajstić information content (AvgIpc) is 3.25. The number of esters is 1. The number of cyclic esters (lactones) is 1. The van der Waals surface area contributed by atoms with Gasteiger partial charge in [-0.25, -0.2) is 9.59 Å². The molecule has 170 valence electrons. The highest BCUT2D eigenvalue weighted by Gasteiger charge is 2.46. The van der Waals surface area contributed by atoms with Gasteiger partial charge in [0.15, 0.2) is 0 Å². The molecule has 0 aliphatic carbocycles. The van der Waals surface area contributed by atoms with E-state index in [9.17, 15) is 14.4 Å². The Morgan fingerprint density at radius 1 is 0.971 bits per heavy atom. The number of nitrogens with zero attached hydrogens (tertiary/aromatic N) is 2. The molecule has 1 N–H and O–H groups in total. The molecule has 2 fully saturated rings. The molecule has 0 spiro atoms. The fourth-order valence-electron chi connectivity index (χ4n) is 4.11. The minimum Gasteiger partial charge on any atom is -0.447 e. The van der Waals surface area contributed by atoms with Crippen molar-refractivity contribution in [3.05, 3.63) is 102 Å². The monoisotopic (exact) mass is 455 g/mol. The van der Waals surface area contributed by atoms with E-state index in [0.717, 1.165) is 5.56 Å². The van der Waals surface area contributed by atoms with Crippen LogP contribution in [0.2, 0.25) is 0 Å². The van der Waals surface area contributed by atoms with E-state index in [4.69, 9.17) is 9.47 Å². The lowest BCUT2D eigenvalue weighted by atomic mass is 9.89. The van der Waals surface area contributed by atoms with Gasteiger partial charge in [-0.1, -0.05) is 48.5 Å². The van der Waals surface area contributed by atoms with Crippen molar-refractivity contribution in [2.75, 3.05) is 13.2 Å². The molecule has 2 amide bonds. The molecule has 0 bridgehead atoms. The van der Waals surface area contributed by atoms with E-state index in [0.29, 0.717) is 11.3 Å². The van der Waals surface area contributed by atoms with Gasteiger partial charge in [-0.05, 0) is 35.4 Å². The lowest BCUT2D eigenvalue weighted by Gasteiger charge is -2.36. The van der Waals surface area contributed by atoms with Gasteiger partial charge in [0.1, 0.15) is 12.4 Å². The second-order valence-electron chi connectivity index (χ2n) is 7.87. The van der Waals surface area contributed by atoms with Crippen molar-refractivity contribution < 1.29 is 23.9 Å². The molecular formula is C26H21N3O5. The number of carbonyl (C=O) groups excluding carboxylic acids is 3. The number of aromatic nitrogens is 1. The summed E-state index contributed by atoms with van der Waals surface area (Å²) in [4.78, 5) is 44.7. The van der Waals surface area contributed by atoms with Crippen molar-refractivity contribution in [2.45, 2.75) is 6.04 Å². The Hall–Kier alpha value is -4.46. The fraction of sp³-hybridized carbons (Fsp3) is 0.154. The quantitative estimate of drug-likeness (QED) is 0.265. The van der Waals surface area contributed by atoms with E-state index < -0.39 is 24.0 Å². The smallest absolute Gasteiger partial charge is 0.414 e. The van der Waals surface area contributed by atoms with Crippen molar-refractivity contribution in [1.29, 1.82) is 0 Å². The number of benzene rings is 2. The van der Waals surface area contributed by atoms with Gasteiger partial charge in [-0.15, -0.1) is 0 Å². The largest absolute Gasteiger partial charge is 0.447 e. The van der Waals surface area contributed by atoms with E-state index in [1.807, 2.05) is 36.4 Å². The molecule has 0 radical (unpaired) electrons. The van der Waals surface area contributed by atoms with Crippen molar-refractivity contribution in [3.8, 4) is 5.75 Å². The number of nitrogens with one attached hydrogen (secondary N) is 1. The predicted molar refractivity (Wildman–Crippen MR) is 122 cm³/mol. The lowest BCUT2D eigenvalue weighted by molar-refractivity contribution is -0.130. The molecule has 1 aromatic heterocycles. The molecule has 0 saturated carbocycles. The Kier molecular flexibility index (Phi) is 5.78. The molecule has 0 unspecified atom stereocenters. The number of amides is 2. The van der Waals surface area contributed by atoms with Crippen LogP contribution in [0.25, 0.3) is 5.57 Å². The van der Waals surface area contributed by atoms with Crippen LogP contribution in [-0.2, 0) is 14.3 Å². The van der Waals surface area contributed by atoms with Crippen LogP contribution < -0.4 is 10.1 Å². The van der Waals surface area contributed by atoms with Gasteiger partial charge in [0, 0.05) is 18.9 Å². The molecular weight excluding hydrogens is 434 g/mol. The van der Waals surface area contributed by atoms with Gasteiger partial charge in [0.2, 0.25) is 5.91 Å². The first kappa shape index (κ1) is 21.4. The Morgan fingerprint density at radius 2 is 1.65 bits per heavy atom. The molecule has 2 aliphatic heterocycles. The number of hydrogen-bond acceptors (Lipinski definition) is 6. The zero-order chi connectivity index (χ0) is 23.5. The van der Waals surface area contributed by atoms with Gasteiger partial charge < -0.3 is 14.8 Å². The van der Waals surface area contributed by atoms with Crippen LogP contribution in [0.15, 0.2) is 90.9 Å².